The fourth-order valence-electron chi connectivity index (χ4n) is 3.53. The number of methoxy groups -OCH3 is 1. The zero-order chi connectivity index (χ0) is 18.7. The summed E-state index contributed by atoms with van der Waals surface area (Å²) in [7, 11) is -1.89. The van der Waals surface area contributed by atoms with Gasteiger partial charge < -0.3 is 10.1 Å². The van der Waals surface area contributed by atoms with Crippen LogP contribution < -0.4 is 10.1 Å². The van der Waals surface area contributed by atoms with Crippen LogP contribution in [0.2, 0.25) is 0 Å². The third-order valence-electron chi connectivity index (χ3n) is 5.34. The van der Waals surface area contributed by atoms with E-state index < -0.39 is 9.84 Å². The molecule has 2 fully saturated rings. The lowest BCUT2D eigenvalue weighted by molar-refractivity contribution is 0.0937. The van der Waals surface area contributed by atoms with E-state index in [1.807, 2.05) is 0 Å². The number of benzene rings is 1. The molecule has 0 aromatic heterocycles. The second-order valence-corrected chi connectivity index (χ2v) is 9.49. The van der Waals surface area contributed by atoms with Gasteiger partial charge in [0.05, 0.1) is 23.3 Å². The first-order chi connectivity index (χ1) is 12.4. The van der Waals surface area contributed by atoms with Gasteiger partial charge >= 0.3 is 0 Å². The lowest BCUT2D eigenvalue weighted by Crippen LogP contribution is -2.41. The summed E-state index contributed by atoms with van der Waals surface area (Å²) in [5.74, 6) is 0.938. The topological polar surface area (TPSA) is 75.7 Å². The van der Waals surface area contributed by atoms with Crippen LogP contribution in [0.3, 0.4) is 0 Å². The Labute approximate surface area is 155 Å². The normalized spacial score (nSPS) is 20.9. The Bertz CT molecular complexity index is 759. The summed E-state index contributed by atoms with van der Waals surface area (Å²) >= 11 is 0. The zero-order valence-electron chi connectivity index (χ0n) is 15.5. The molecular weight excluding hydrogens is 352 g/mol. The summed E-state index contributed by atoms with van der Waals surface area (Å²) < 4.78 is 29.5. The monoisotopic (exact) mass is 380 g/mol. The maximum absolute atomic E-state index is 12.7. The van der Waals surface area contributed by atoms with Gasteiger partial charge in [0.2, 0.25) is 0 Å². The molecule has 2 aliphatic rings. The van der Waals surface area contributed by atoms with Crippen molar-refractivity contribution >= 4 is 15.7 Å². The van der Waals surface area contributed by atoms with Crippen molar-refractivity contribution in [2.75, 3.05) is 32.5 Å². The minimum absolute atomic E-state index is 0.00140. The van der Waals surface area contributed by atoms with Crippen molar-refractivity contribution < 1.29 is 17.9 Å². The maximum Gasteiger partial charge on any atom is 0.255 e. The Balaban J connectivity index is 1.69. The number of carbonyl (C=O) groups is 1. The smallest absolute Gasteiger partial charge is 0.255 e. The first-order valence-corrected chi connectivity index (χ1v) is 11.0. The molecule has 1 aliphatic carbocycles. The van der Waals surface area contributed by atoms with Crippen molar-refractivity contribution in [1.29, 1.82) is 0 Å². The molecular formula is C19H28N2O4S. The Morgan fingerprint density at radius 1 is 1.31 bits per heavy atom. The molecule has 1 amide bonds. The predicted octanol–water partition coefficient (Wildman–Crippen LogP) is 2.09. The van der Waals surface area contributed by atoms with Gasteiger partial charge in [0.25, 0.3) is 5.91 Å². The fourth-order valence-corrected chi connectivity index (χ4v) is 4.44. The molecule has 0 bridgehead atoms. The number of amides is 1. The van der Waals surface area contributed by atoms with Gasteiger partial charge in [-0.2, -0.15) is 0 Å². The highest BCUT2D eigenvalue weighted by Crippen LogP contribution is 2.32. The van der Waals surface area contributed by atoms with Crippen LogP contribution in [0.25, 0.3) is 0 Å². The third kappa shape index (κ3) is 4.38. The number of rotatable bonds is 8. The molecule has 3 rings (SSSR count). The van der Waals surface area contributed by atoms with Crippen molar-refractivity contribution in [2.24, 2.45) is 5.92 Å². The first-order valence-electron chi connectivity index (χ1n) is 9.37. The van der Waals surface area contributed by atoms with Crippen molar-refractivity contribution in [3.63, 3.8) is 0 Å². The Kier molecular flexibility index (Phi) is 5.87. The van der Waals surface area contributed by atoms with Crippen molar-refractivity contribution in [2.45, 2.75) is 43.5 Å². The van der Waals surface area contributed by atoms with Gasteiger partial charge in [-0.25, -0.2) is 8.42 Å². The molecule has 6 nitrogen and oxygen atoms in total. The molecule has 144 valence electrons. The van der Waals surface area contributed by atoms with Gasteiger partial charge in [-0.1, -0.05) is 6.92 Å². The molecule has 1 aromatic carbocycles. The molecule has 1 aromatic rings. The molecule has 0 radical (unpaired) electrons. The van der Waals surface area contributed by atoms with E-state index in [1.165, 1.54) is 38.5 Å². The lowest BCUT2D eigenvalue weighted by atomic mass is 10.1. The molecule has 1 aliphatic heterocycles. The maximum atomic E-state index is 12.7. The Morgan fingerprint density at radius 3 is 2.73 bits per heavy atom. The molecule has 1 N–H and O–H groups in total. The summed E-state index contributed by atoms with van der Waals surface area (Å²) in [5, 5.41) is 2.98. The summed E-state index contributed by atoms with van der Waals surface area (Å²) in [5.41, 5.74) is 0.272. The van der Waals surface area contributed by atoms with Crippen LogP contribution in [0.15, 0.2) is 23.1 Å². The zero-order valence-corrected chi connectivity index (χ0v) is 16.3. The number of carbonyl (C=O) groups excluding carboxylic acids is 1. The summed E-state index contributed by atoms with van der Waals surface area (Å²) in [6, 6.07) is 4.83. The number of sulfone groups is 1. The van der Waals surface area contributed by atoms with Crippen LogP contribution in [0, 0.1) is 5.92 Å². The van der Waals surface area contributed by atoms with Crippen LogP contribution in [0.1, 0.15) is 43.0 Å². The number of nitrogens with one attached hydrogen (secondary N) is 1. The standard InChI is InChI=1S/C19H28N2O4S/c1-3-26(23,24)16-8-9-18(25-2)17(11-16)19(22)20-12-15-5-4-10-21(15)13-14-6-7-14/h8-9,11,14-15H,3-7,10,12-13H2,1-2H3,(H,20,22). The largest absolute Gasteiger partial charge is 0.496 e. The van der Waals surface area contributed by atoms with E-state index in [1.54, 1.807) is 13.0 Å². The van der Waals surface area contributed by atoms with Crippen molar-refractivity contribution in [3.8, 4) is 5.75 Å². The molecule has 26 heavy (non-hydrogen) atoms. The molecule has 1 saturated heterocycles. The predicted molar refractivity (Wildman–Crippen MR) is 100 cm³/mol. The SMILES string of the molecule is CCS(=O)(=O)c1ccc(OC)c(C(=O)NCC2CCCN2CC2CC2)c1. The van der Waals surface area contributed by atoms with E-state index >= 15 is 0 Å². The van der Waals surface area contributed by atoms with E-state index in [0.29, 0.717) is 18.3 Å². The van der Waals surface area contributed by atoms with Gasteiger partial charge in [-0.3, -0.25) is 9.69 Å². The highest BCUT2D eigenvalue weighted by atomic mass is 32.2. The van der Waals surface area contributed by atoms with Crippen molar-refractivity contribution in [3.05, 3.63) is 23.8 Å². The minimum Gasteiger partial charge on any atom is -0.496 e. The molecule has 7 heteroatoms. The van der Waals surface area contributed by atoms with E-state index in [0.717, 1.165) is 25.4 Å². The molecule has 0 spiro atoms. The molecule has 1 heterocycles. The second kappa shape index (κ2) is 7.96. The second-order valence-electron chi connectivity index (χ2n) is 7.21. The first kappa shape index (κ1) is 19.2. The average molecular weight is 381 g/mol. The summed E-state index contributed by atoms with van der Waals surface area (Å²) in [6.45, 7) is 4.41. The van der Waals surface area contributed by atoms with E-state index in [9.17, 15) is 13.2 Å². The molecule has 1 unspecified atom stereocenters. The lowest BCUT2D eigenvalue weighted by Gasteiger charge is -2.24. The van der Waals surface area contributed by atoms with E-state index in [-0.39, 0.29) is 22.1 Å². The highest BCUT2D eigenvalue weighted by molar-refractivity contribution is 7.91. The Morgan fingerprint density at radius 2 is 2.08 bits per heavy atom. The van der Waals surface area contributed by atoms with Gasteiger partial charge in [-0.05, 0) is 56.3 Å². The fraction of sp³-hybridized carbons (Fsp3) is 0.632. The van der Waals surface area contributed by atoms with Gasteiger partial charge in [-0.15, -0.1) is 0 Å². The highest BCUT2D eigenvalue weighted by Gasteiger charge is 2.31. The van der Waals surface area contributed by atoms with Gasteiger partial charge in [0.15, 0.2) is 9.84 Å². The Hall–Kier alpha value is -1.60. The number of likely N-dealkylation sites (tertiary alicyclic amines) is 1. The minimum atomic E-state index is -3.37. The number of hydrogen-bond acceptors (Lipinski definition) is 5. The molecule has 1 atom stereocenters. The van der Waals surface area contributed by atoms with Crippen molar-refractivity contribution in [1.82, 2.24) is 10.2 Å². The van der Waals surface area contributed by atoms with Crippen LogP contribution >= 0.6 is 0 Å². The molecule has 1 saturated carbocycles. The van der Waals surface area contributed by atoms with Crippen LogP contribution in [0.5, 0.6) is 5.75 Å². The average Bonchev–Trinajstić information content (AvgIpc) is 3.36. The number of ether oxygens (including phenoxy) is 1. The van der Waals surface area contributed by atoms with Crippen LogP contribution in [-0.4, -0.2) is 57.8 Å². The number of nitrogens with zero attached hydrogens (tertiary/aromatic N) is 1. The van der Waals surface area contributed by atoms with Crippen LogP contribution in [-0.2, 0) is 9.84 Å². The van der Waals surface area contributed by atoms with E-state index in [4.69, 9.17) is 4.74 Å². The van der Waals surface area contributed by atoms with E-state index in [2.05, 4.69) is 10.2 Å². The van der Waals surface area contributed by atoms with Gasteiger partial charge in [0.1, 0.15) is 5.75 Å². The summed E-state index contributed by atoms with van der Waals surface area (Å²) in [6.07, 6.45) is 4.91. The van der Waals surface area contributed by atoms with Crippen LogP contribution in [0.4, 0.5) is 0 Å². The third-order valence-corrected chi connectivity index (χ3v) is 7.07. The quantitative estimate of drug-likeness (QED) is 0.747. The van der Waals surface area contributed by atoms with Gasteiger partial charge in [0, 0.05) is 19.1 Å². The summed E-state index contributed by atoms with van der Waals surface area (Å²) in [4.78, 5) is 15.3. The number of hydrogen-bond donors (Lipinski definition) is 1.